The molecule has 3 rings (SSSR count). The summed E-state index contributed by atoms with van der Waals surface area (Å²) in [6.07, 6.45) is 3.59. The molecule has 0 aliphatic rings. The van der Waals surface area contributed by atoms with Crippen LogP contribution in [-0.2, 0) is 6.42 Å². The molecular formula is C18H21N3. The summed E-state index contributed by atoms with van der Waals surface area (Å²) in [5.74, 6) is 0.539. The summed E-state index contributed by atoms with van der Waals surface area (Å²) in [5, 5.41) is 0. The lowest BCUT2D eigenvalue weighted by Gasteiger charge is -2.08. The molecule has 21 heavy (non-hydrogen) atoms. The van der Waals surface area contributed by atoms with E-state index in [4.69, 9.17) is 5.73 Å². The zero-order chi connectivity index (χ0) is 14.8. The Balaban J connectivity index is 2.03. The Morgan fingerprint density at radius 2 is 1.86 bits per heavy atom. The Kier molecular flexibility index (Phi) is 3.65. The third-order valence-electron chi connectivity index (χ3n) is 3.85. The number of nitrogen functional groups attached to an aromatic ring is 1. The average Bonchev–Trinajstić information content (AvgIpc) is 2.81. The molecule has 0 aliphatic carbocycles. The van der Waals surface area contributed by atoms with Crippen LogP contribution >= 0.6 is 0 Å². The van der Waals surface area contributed by atoms with Crippen LogP contribution < -0.4 is 5.73 Å². The highest BCUT2D eigenvalue weighted by molar-refractivity contribution is 5.81. The Morgan fingerprint density at radius 3 is 2.57 bits per heavy atom. The number of nitrogens with two attached hydrogens (primary N) is 1. The van der Waals surface area contributed by atoms with E-state index in [-0.39, 0.29) is 0 Å². The van der Waals surface area contributed by atoms with Crippen LogP contribution in [0.15, 0.2) is 42.5 Å². The van der Waals surface area contributed by atoms with E-state index >= 15 is 0 Å². The maximum Gasteiger partial charge on any atom is 0.205 e. The molecule has 0 spiro atoms. The van der Waals surface area contributed by atoms with Gasteiger partial charge in [0.1, 0.15) is 0 Å². The van der Waals surface area contributed by atoms with Crippen molar-refractivity contribution in [2.24, 2.45) is 0 Å². The molecule has 0 saturated heterocycles. The Morgan fingerprint density at radius 1 is 1.10 bits per heavy atom. The molecule has 3 aromatic rings. The minimum Gasteiger partial charge on any atom is -0.369 e. The second-order valence-electron chi connectivity index (χ2n) is 5.57. The van der Waals surface area contributed by atoms with E-state index in [2.05, 4.69) is 55.2 Å². The number of aromatic nitrogens is 2. The molecular weight excluding hydrogens is 258 g/mol. The van der Waals surface area contributed by atoms with Crippen molar-refractivity contribution in [3.05, 3.63) is 53.6 Å². The molecule has 3 heteroatoms. The minimum absolute atomic E-state index is 0.539. The number of benzene rings is 2. The summed E-state index contributed by atoms with van der Waals surface area (Å²) >= 11 is 0. The van der Waals surface area contributed by atoms with Crippen LogP contribution in [0.2, 0.25) is 0 Å². The Hall–Kier alpha value is -2.29. The second kappa shape index (κ2) is 5.60. The van der Waals surface area contributed by atoms with Gasteiger partial charge in [-0.3, -0.25) is 4.57 Å². The van der Waals surface area contributed by atoms with Crippen molar-refractivity contribution in [2.75, 3.05) is 5.73 Å². The van der Waals surface area contributed by atoms with Crippen molar-refractivity contribution in [1.82, 2.24) is 9.55 Å². The number of anilines is 1. The highest BCUT2D eigenvalue weighted by Gasteiger charge is 2.10. The van der Waals surface area contributed by atoms with Gasteiger partial charge in [0, 0.05) is 5.69 Å². The number of aryl methyl sites for hydroxylation is 2. The summed E-state index contributed by atoms with van der Waals surface area (Å²) in [5.41, 5.74) is 11.8. The first-order chi connectivity index (χ1) is 10.2. The average molecular weight is 279 g/mol. The van der Waals surface area contributed by atoms with Gasteiger partial charge < -0.3 is 5.73 Å². The number of imidazole rings is 1. The van der Waals surface area contributed by atoms with Gasteiger partial charge in [-0.25, -0.2) is 4.98 Å². The van der Waals surface area contributed by atoms with Crippen molar-refractivity contribution in [3.8, 4) is 5.69 Å². The monoisotopic (exact) mass is 279 g/mol. The zero-order valence-electron chi connectivity index (χ0n) is 12.6. The van der Waals surface area contributed by atoms with E-state index in [9.17, 15) is 0 Å². The molecule has 0 radical (unpaired) electrons. The molecule has 0 bridgehead atoms. The molecule has 2 aromatic carbocycles. The van der Waals surface area contributed by atoms with Crippen LogP contribution in [0, 0.1) is 6.92 Å². The molecule has 0 amide bonds. The van der Waals surface area contributed by atoms with Gasteiger partial charge in [0.2, 0.25) is 5.95 Å². The van der Waals surface area contributed by atoms with Crippen LogP contribution in [0.4, 0.5) is 5.95 Å². The predicted octanol–water partition coefficient (Wildman–Crippen LogP) is 4.26. The number of fused-ring (bicyclic) bond motifs is 1. The lowest BCUT2D eigenvalue weighted by molar-refractivity contribution is 0.795. The van der Waals surface area contributed by atoms with E-state index in [0.717, 1.165) is 23.1 Å². The SMILES string of the molecule is CCCCc1ccc(-n2c(N)nc3ccc(C)cc32)cc1. The summed E-state index contributed by atoms with van der Waals surface area (Å²) in [6.45, 7) is 4.30. The summed E-state index contributed by atoms with van der Waals surface area (Å²) in [4.78, 5) is 4.44. The van der Waals surface area contributed by atoms with Crippen LogP contribution in [0.1, 0.15) is 30.9 Å². The fraction of sp³-hybridized carbons (Fsp3) is 0.278. The fourth-order valence-electron chi connectivity index (χ4n) is 2.67. The third-order valence-corrected chi connectivity index (χ3v) is 3.85. The Bertz CT molecular complexity index is 754. The van der Waals surface area contributed by atoms with E-state index in [0.29, 0.717) is 5.95 Å². The van der Waals surface area contributed by atoms with Crippen molar-refractivity contribution < 1.29 is 0 Å². The molecule has 0 aliphatic heterocycles. The van der Waals surface area contributed by atoms with E-state index in [1.807, 2.05) is 10.6 Å². The first-order valence-corrected chi connectivity index (χ1v) is 7.53. The van der Waals surface area contributed by atoms with E-state index in [1.165, 1.54) is 24.0 Å². The van der Waals surface area contributed by atoms with Gasteiger partial charge in [-0.2, -0.15) is 0 Å². The molecule has 1 aromatic heterocycles. The van der Waals surface area contributed by atoms with Crippen LogP contribution in [0.5, 0.6) is 0 Å². The maximum atomic E-state index is 6.11. The first kappa shape index (κ1) is 13.7. The number of hydrogen-bond donors (Lipinski definition) is 1. The molecule has 108 valence electrons. The van der Waals surface area contributed by atoms with E-state index < -0.39 is 0 Å². The summed E-state index contributed by atoms with van der Waals surface area (Å²) in [6, 6.07) is 14.8. The highest BCUT2D eigenvalue weighted by Crippen LogP contribution is 2.24. The predicted molar refractivity (Wildman–Crippen MR) is 88.8 cm³/mol. The third kappa shape index (κ3) is 2.64. The zero-order valence-corrected chi connectivity index (χ0v) is 12.6. The molecule has 1 heterocycles. The lowest BCUT2D eigenvalue weighted by atomic mass is 10.1. The molecule has 0 saturated carbocycles. The summed E-state index contributed by atoms with van der Waals surface area (Å²) < 4.78 is 2.02. The molecule has 0 atom stereocenters. The molecule has 3 nitrogen and oxygen atoms in total. The number of rotatable bonds is 4. The van der Waals surface area contributed by atoms with Crippen molar-refractivity contribution in [1.29, 1.82) is 0 Å². The first-order valence-electron chi connectivity index (χ1n) is 7.53. The van der Waals surface area contributed by atoms with Crippen LogP contribution in [0.25, 0.3) is 16.7 Å². The Labute approximate surface area is 125 Å². The van der Waals surface area contributed by atoms with Gasteiger partial charge in [-0.15, -0.1) is 0 Å². The van der Waals surface area contributed by atoms with Gasteiger partial charge in [0.25, 0.3) is 0 Å². The smallest absolute Gasteiger partial charge is 0.205 e. The standard InChI is InChI=1S/C18H21N3/c1-3-4-5-14-7-9-15(10-8-14)21-17-12-13(2)6-11-16(17)20-18(21)19/h6-12H,3-5H2,1-2H3,(H2,19,20). The quantitative estimate of drug-likeness (QED) is 0.775. The number of unbranched alkanes of at least 4 members (excludes halogenated alkanes) is 1. The van der Waals surface area contributed by atoms with Crippen LogP contribution in [0.3, 0.4) is 0 Å². The fourth-order valence-corrected chi connectivity index (χ4v) is 2.67. The molecule has 0 unspecified atom stereocenters. The van der Waals surface area contributed by atoms with Crippen molar-refractivity contribution >= 4 is 17.0 Å². The van der Waals surface area contributed by atoms with Gasteiger partial charge in [-0.1, -0.05) is 31.5 Å². The van der Waals surface area contributed by atoms with Gasteiger partial charge in [-0.05, 0) is 55.2 Å². The van der Waals surface area contributed by atoms with Crippen molar-refractivity contribution in [2.45, 2.75) is 33.1 Å². The molecule has 2 N–H and O–H groups in total. The van der Waals surface area contributed by atoms with Gasteiger partial charge in [0.05, 0.1) is 11.0 Å². The number of nitrogens with zero attached hydrogens (tertiary/aromatic N) is 2. The second-order valence-corrected chi connectivity index (χ2v) is 5.57. The van der Waals surface area contributed by atoms with Crippen LogP contribution in [-0.4, -0.2) is 9.55 Å². The number of hydrogen-bond acceptors (Lipinski definition) is 2. The lowest BCUT2D eigenvalue weighted by Crippen LogP contribution is -2.00. The van der Waals surface area contributed by atoms with Gasteiger partial charge >= 0.3 is 0 Å². The van der Waals surface area contributed by atoms with Gasteiger partial charge in [0.15, 0.2) is 0 Å². The minimum atomic E-state index is 0.539. The highest BCUT2D eigenvalue weighted by atomic mass is 15.2. The topological polar surface area (TPSA) is 43.8 Å². The maximum absolute atomic E-state index is 6.11. The molecule has 0 fully saturated rings. The normalized spacial score (nSPS) is 11.1. The largest absolute Gasteiger partial charge is 0.369 e. The van der Waals surface area contributed by atoms with E-state index in [1.54, 1.807) is 0 Å². The summed E-state index contributed by atoms with van der Waals surface area (Å²) in [7, 11) is 0. The van der Waals surface area contributed by atoms with Crippen molar-refractivity contribution in [3.63, 3.8) is 0 Å².